The van der Waals surface area contributed by atoms with E-state index in [-0.39, 0.29) is 18.4 Å². The number of carbonyl (C=O) groups excluding carboxylic acids is 3. The molecule has 28 heavy (non-hydrogen) atoms. The molecule has 2 amide bonds. The van der Waals surface area contributed by atoms with Crippen molar-refractivity contribution in [3.63, 3.8) is 0 Å². The average Bonchev–Trinajstić information content (AvgIpc) is 2.89. The Bertz CT molecular complexity index is 773. The Morgan fingerprint density at radius 2 is 1.93 bits per heavy atom. The molecule has 7 nitrogen and oxygen atoms in total. The molecule has 0 saturated carbocycles. The molecule has 10 heteroatoms. The van der Waals surface area contributed by atoms with Gasteiger partial charge >= 0.3 is 18.2 Å². The maximum atomic E-state index is 12.8. The van der Waals surface area contributed by atoms with Gasteiger partial charge in [-0.15, -0.1) is 0 Å². The first kappa shape index (κ1) is 21.6. The molecule has 154 valence electrons. The Morgan fingerprint density at radius 1 is 1.29 bits per heavy atom. The van der Waals surface area contributed by atoms with E-state index in [1.165, 1.54) is 6.07 Å². The van der Waals surface area contributed by atoms with Gasteiger partial charge in [0.15, 0.2) is 0 Å². The van der Waals surface area contributed by atoms with Crippen molar-refractivity contribution in [2.75, 3.05) is 7.11 Å². The first-order chi connectivity index (χ1) is 12.8. The van der Waals surface area contributed by atoms with Crippen LogP contribution in [0.3, 0.4) is 0 Å². The standard InChI is InChI=1S/C18H21F3N2O5/c1-17(2,3)28-16(26)23-12(15(25)27-4)9-11(14(23)24)7-10-5-6-22-13(8-10)18(19,20)21/h5-6,8,11-12H,7,9H2,1-4H3/t11-,12+/m1/s1. The summed E-state index contributed by atoms with van der Waals surface area (Å²) in [6.45, 7) is 4.81. The van der Waals surface area contributed by atoms with Gasteiger partial charge in [-0.05, 0) is 51.3 Å². The number of likely N-dealkylation sites (tertiary alicyclic amines) is 1. The summed E-state index contributed by atoms with van der Waals surface area (Å²) in [5, 5.41) is 0. The lowest BCUT2D eigenvalue weighted by Gasteiger charge is -2.26. The maximum absolute atomic E-state index is 12.8. The molecule has 2 atom stereocenters. The van der Waals surface area contributed by atoms with Gasteiger partial charge in [0, 0.05) is 12.1 Å². The van der Waals surface area contributed by atoms with Crippen molar-refractivity contribution in [3.05, 3.63) is 29.6 Å². The highest BCUT2D eigenvalue weighted by Gasteiger charge is 2.48. The number of carbonyl (C=O) groups is 3. The summed E-state index contributed by atoms with van der Waals surface area (Å²) >= 11 is 0. The fourth-order valence-corrected chi connectivity index (χ4v) is 2.90. The summed E-state index contributed by atoms with van der Waals surface area (Å²) in [6.07, 6.45) is -4.78. The summed E-state index contributed by atoms with van der Waals surface area (Å²) < 4.78 is 48.3. The number of halogens is 3. The van der Waals surface area contributed by atoms with E-state index < -0.39 is 47.4 Å². The van der Waals surface area contributed by atoms with Crippen LogP contribution in [0.15, 0.2) is 18.3 Å². The number of aromatic nitrogens is 1. The second-order valence-electron chi connectivity index (χ2n) is 7.41. The fourth-order valence-electron chi connectivity index (χ4n) is 2.90. The van der Waals surface area contributed by atoms with Crippen LogP contribution in [-0.2, 0) is 31.7 Å². The highest BCUT2D eigenvalue weighted by molar-refractivity contribution is 6.00. The summed E-state index contributed by atoms with van der Waals surface area (Å²) in [4.78, 5) is 41.1. The SMILES string of the molecule is COC(=O)[C@@H]1C[C@@H](Cc2ccnc(C(F)(F)F)c2)C(=O)N1C(=O)OC(C)(C)C. The predicted molar refractivity (Wildman–Crippen MR) is 89.9 cm³/mol. The molecule has 0 bridgehead atoms. The molecule has 2 heterocycles. The van der Waals surface area contributed by atoms with Crippen molar-refractivity contribution in [2.45, 2.75) is 51.4 Å². The minimum Gasteiger partial charge on any atom is -0.467 e. The van der Waals surface area contributed by atoms with Crippen molar-refractivity contribution < 1.29 is 37.0 Å². The summed E-state index contributed by atoms with van der Waals surface area (Å²) in [7, 11) is 1.12. The molecule has 0 radical (unpaired) electrons. The average molecular weight is 402 g/mol. The number of esters is 1. The zero-order chi connectivity index (χ0) is 21.3. The Hall–Kier alpha value is -2.65. The molecule has 1 aromatic rings. The maximum Gasteiger partial charge on any atom is 0.433 e. The van der Waals surface area contributed by atoms with Crippen molar-refractivity contribution in [1.82, 2.24) is 9.88 Å². The van der Waals surface area contributed by atoms with Gasteiger partial charge < -0.3 is 9.47 Å². The third-order valence-corrected chi connectivity index (χ3v) is 4.07. The van der Waals surface area contributed by atoms with Crippen LogP contribution < -0.4 is 0 Å². The van der Waals surface area contributed by atoms with Crippen LogP contribution in [0.25, 0.3) is 0 Å². The van der Waals surface area contributed by atoms with Gasteiger partial charge in [0.05, 0.1) is 7.11 Å². The van der Waals surface area contributed by atoms with Gasteiger partial charge in [0.25, 0.3) is 0 Å². The van der Waals surface area contributed by atoms with Crippen molar-refractivity contribution >= 4 is 18.0 Å². The van der Waals surface area contributed by atoms with Crippen LogP contribution in [0.4, 0.5) is 18.0 Å². The lowest BCUT2D eigenvalue weighted by atomic mass is 9.96. The number of methoxy groups -OCH3 is 1. The minimum atomic E-state index is -4.62. The van der Waals surface area contributed by atoms with Crippen molar-refractivity contribution in [3.8, 4) is 0 Å². The Balaban J connectivity index is 2.26. The van der Waals surface area contributed by atoms with E-state index in [0.717, 1.165) is 19.4 Å². The van der Waals surface area contributed by atoms with E-state index in [2.05, 4.69) is 9.72 Å². The van der Waals surface area contributed by atoms with Crippen LogP contribution >= 0.6 is 0 Å². The summed E-state index contributed by atoms with van der Waals surface area (Å²) in [5.74, 6) is -2.37. The molecule has 0 spiro atoms. The van der Waals surface area contributed by atoms with Crippen molar-refractivity contribution in [2.24, 2.45) is 5.92 Å². The van der Waals surface area contributed by atoms with Crippen LogP contribution in [-0.4, -0.2) is 46.6 Å². The quantitative estimate of drug-likeness (QED) is 0.723. The topological polar surface area (TPSA) is 85.8 Å². The van der Waals surface area contributed by atoms with E-state index in [0.29, 0.717) is 4.90 Å². The number of imide groups is 1. The van der Waals surface area contributed by atoms with Crippen LogP contribution in [0.1, 0.15) is 38.4 Å². The first-order valence-corrected chi connectivity index (χ1v) is 8.49. The molecule has 1 fully saturated rings. The molecule has 1 aromatic heterocycles. The third-order valence-electron chi connectivity index (χ3n) is 4.07. The fraction of sp³-hybridized carbons (Fsp3) is 0.556. The highest BCUT2D eigenvalue weighted by Crippen LogP contribution is 2.32. The van der Waals surface area contributed by atoms with E-state index in [4.69, 9.17) is 4.74 Å². The molecule has 0 N–H and O–H groups in total. The lowest BCUT2D eigenvalue weighted by molar-refractivity contribution is -0.148. The van der Waals surface area contributed by atoms with Crippen LogP contribution in [0.2, 0.25) is 0 Å². The van der Waals surface area contributed by atoms with Gasteiger partial charge in [0.2, 0.25) is 5.91 Å². The number of ether oxygens (including phenoxy) is 2. The van der Waals surface area contributed by atoms with E-state index in [9.17, 15) is 27.6 Å². The number of hydrogen-bond donors (Lipinski definition) is 0. The van der Waals surface area contributed by atoms with Crippen LogP contribution in [0, 0.1) is 5.92 Å². The monoisotopic (exact) mass is 402 g/mol. The normalized spacial score (nSPS) is 20.2. The lowest BCUT2D eigenvalue weighted by Crippen LogP contribution is -2.46. The number of alkyl halides is 3. The Labute approximate surface area is 159 Å². The Kier molecular flexibility index (Phi) is 6.00. The molecular weight excluding hydrogens is 381 g/mol. The van der Waals surface area contributed by atoms with Gasteiger partial charge in [-0.3, -0.25) is 9.78 Å². The van der Waals surface area contributed by atoms with Gasteiger partial charge in [-0.2, -0.15) is 13.2 Å². The molecule has 1 saturated heterocycles. The molecule has 0 unspecified atom stereocenters. The molecule has 1 aliphatic rings. The van der Waals surface area contributed by atoms with Gasteiger partial charge in [-0.1, -0.05) is 0 Å². The van der Waals surface area contributed by atoms with E-state index in [1.807, 2.05) is 0 Å². The summed E-state index contributed by atoms with van der Waals surface area (Å²) in [5.41, 5.74) is -1.76. The van der Waals surface area contributed by atoms with Gasteiger partial charge in [0.1, 0.15) is 17.3 Å². The zero-order valence-electron chi connectivity index (χ0n) is 15.9. The molecular formula is C18H21F3N2O5. The minimum absolute atomic E-state index is 0.0750. The number of amides is 2. The second kappa shape index (κ2) is 7.76. The number of pyridine rings is 1. The number of hydrogen-bond acceptors (Lipinski definition) is 6. The predicted octanol–water partition coefficient (Wildman–Crippen LogP) is 2.97. The van der Waals surface area contributed by atoms with Crippen LogP contribution in [0.5, 0.6) is 0 Å². The smallest absolute Gasteiger partial charge is 0.433 e. The first-order valence-electron chi connectivity index (χ1n) is 8.49. The highest BCUT2D eigenvalue weighted by atomic mass is 19.4. The van der Waals surface area contributed by atoms with E-state index >= 15 is 0 Å². The molecule has 1 aliphatic heterocycles. The van der Waals surface area contributed by atoms with Gasteiger partial charge in [-0.25, -0.2) is 14.5 Å². The molecule has 0 aromatic carbocycles. The van der Waals surface area contributed by atoms with E-state index in [1.54, 1.807) is 20.8 Å². The molecule has 0 aliphatic carbocycles. The van der Waals surface area contributed by atoms with Crippen molar-refractivity contribution in [1.29, 1.82) is 0 Å². The second-order valence-corrected chi connectivity index (χ2v) is 7.41. The largest absolute Gasteiger partial charge is 0.467 e. The molecule has 2 rings (SSSR count). The zero-order valence-corrected chi connectivity index (χ0v) is 15.9. The number of nitrogens with zero attached hydrogens (tertiary/aromatic N) is 2. The third kappa shape index (κ3) is 4.99. The summed E-state index contributed by atoms with van der Waals surface area (Å²) in [6, 6.07) is 1.00. The Morgan fingerprint density at radius 3 is 2.46 bits per heavy atom. The number of rotatable bonds is 3.